The molecule has 0 saturated carbocycles. The number of benzene rings is 2. The Morgan fingerprint density at radius 3 is 2.06 bits per heavy atom. The first kappa shape index (κ1) is 11.2. The second-order valence-electron chi connectivity index (χ2n) is 4.70. The van der Waals surface area contributed by atoms with Crippen LogP contribution in [0.2, 0.25) is 0 Å². The van der Waals surface area contributed by atoms with Crippen molar-refractivity contribution in [3.05, 3.63) is 59.7 Å². The summed E-state index contributed by atoms with van der Waals surface area (Å²) >= 11 is 0. The standard InChI is InChI=1S/C17H17N/c1-2-3-12-18-17-15-10-6-4-8-13(15)14-9-5-7-11-16(14)17/h4-12,17H,2-3H2,1H3. The number of fused-ring (bicyclic) bond motifs is 3. The van der Waals surface area contributed by atoms with Crippen LogP contribution in [0.5, 0.6) is 0 Å². The summed E-state index contributed by atoms with van der Waals surface area (Å²) in [5.41, 5.74) is 5.36. The Balaban J connectivity index is 2.09. The first-order chi connectivity index (χ1) is 8.92. The molecule has 90 valence electrons. The van der Waals surface area contributed by atoms with Gasteiger partial charge in [0, 0.05) is 0 Å². The number of hydrogen-bond donors (Lipinski definition) is 0. The Kier molecular flexibility index (Phi) is 2.97. The zero-order valence-electron chi connectivity index (χ0n) is 10.6. The second-order valence-corrected chi connectivity index (χ2v) is 4.70. The van der Waals surface area contributed by atoms with Crippen molar-refractivity contribution in [1.29, 1.82) is 0 Å². The third-order valence-corrected chi connectivity index (χ3v) is 3.47. The maximum absolute atomic E-state index is 4.77. The number of aliphatic imine (C=N–C) groups is 1. The van der Waals surface area contributed by atoms with Gasteiger partial charge in [-0.25, -0.2) is 0 Å². The minimum Gasteiger partial charge on any atom is -0.285 e. The molecule has 0 bridgehead atoms. The van der Waals surface area contributed by atoms with E-state index >= 15 is 0 Å². The monoisotopic (exact) mass is 235 g/mol. The largest absolute Gasteiger partial charge is 0.285 e. The average Bonchev–Trinajstić information content (AvgIpc) is 2.74. The molecular formula is C17H17N. The highest BCUT2D eigenvalue weighted by Crippen LogP contribution is 2.44. The van der Waals surface area contributed by atoms with Gasteiger partial charge in [-0.3, -0.25) is 4.99 Å². The van der Waals surface area contributed by atoms with E-state index < -0.39 is 0 Å². The number of nitrogens with zero attached hydrogens (tertiary/aromatic N) is 1. The highest BCUT2D eigenvalue weighted by molar-refractivity contribution is 5.79. The molecule has 0 heterocycles. The minimum absolute atomic E-state index is 0.198. The van der Waals surface area contributed by atoms with Gasteiger partial charge in [0.25, 0.3) is 0 Å². The van der Waals surface area contributed by atoms with Gasteiger partial charge >= 0.3 is 0 Å². The lowest BCUT2D eigenvalue weighted by atomic mass is 10.1. The van der Waals surface area contributed by atoms with Gasteiger partial charge < -0.3 is 0 Å². The van der Waals surface area contributed by atoms with Gasteiger partial charge in [-0.05, 0) is 34.9 Å². The number of rotatable bonds is 3. The summed E-state index contributed by atoms with van der Waals surface area (Å²) < 4.78 is 0. The van der Waals surface area contributed by atoms with Crippen LogP contribution in [0, 0.1) is 0 Å². The van der Waals surface area contributed by atoms with E-state index in [0.29, 0.717) is 0 Å². The van der Waals surface area contributed by atoms with E-state index in [1.165, 1.54) is 22.3 Å². The van der Waals surface area contributed by atoms with Crippen molar-refractivity contribution in [2.45, 2.75) is 25.8 Å². The molecule has 18 heavy (non-hydrogen) atoms. The number of unbranched alkanes of at least 4 members (excludes halogenated alkanes) is 1. The molecule has 1 nitrogen and oxygen atoms in total. The average molecular weight is 235 g/mol. The normalized spacial score (nSPS) is 13.8. The Morgan fingerprint density at radius 1 is 0.944 bits per heavy atom. The molecule has 0 amide bonds. The van der Waals surface area contributed by atoms with E-state index in [2.05, 4.69) is 61.7 Å². The van der Waals surface area contributed by atoms with Gasteiger partial charge in [-0.2, -0.15) is 0 Å². The first-order valence-electron chi connectivity index (χ1n) is 6.61. The van der Waals surface area contributed by atoms with E-state index in [9.17, 15) is 0 Å². The van der Waals surface area contributed by atoms with Crippen molar-refractivity contribution in [2.75, 3.05) is 0 Å². The maximum atomic E-state index is 4.77. The van der Waals surface area contributed by atoms with Crippen LogP contribution in [0.1, 0.15) is 36.9 Å². The van der Waals surface area contributed by atoms with E-state index in [1.54, 1.807) is 0 Å². The zero-order valence-corrected chi connectivity index (χ0v) is 10.6. The quantitative estimate of drug-likeness (QED) is 0.688. The molecule has 0 N–H and O–H groups in total. The van der Waals surface area contributed by atoms with E-state index in [0.717, 1.165) is 12.8 Å². The van der Waals surface area contributed by atoms with Gasteiger partial charge in [0.1, 0.15) is 6.04 Å². The van der Waals surface area contributed by atoms with Crippen LogP contribution >= 0.6 is 0 Å². The highest BCUT2D eigenvalue weighted by atomic mass is 14.8. The summed E-state index contributed by atoms with van der Waals surface area (Å²) in [6, 6.07) is 17.4. The van der Waals surface area contributed by atoms with Crippen molar-refractivity contribution in [3.8, 4) is 11.1 Å². The van der Waals surface area contributed by atoms with Crippen molar-refractivity contribution >= 4 is 6.21 Å². The Morgan fingerprint density at radius 2 is 1.50 bits per heavy atom. The predicted octanol–water partition coefficient (Wildman–Crippen LogP) is 4.63. The molecule has 0 saturated heterocycles. The highest BCUT2D eigenvalue weighted by Gasteiger charge is 2.26. The molecular weight excluding hydrogens is 218 g/mol. The van der Waals surface area contributed by atoms with Crippen molar-refractivity contribution < 1.29 is 0 Å². The van der Waals surface area contributed by atoms with Crippen molar-refractivity contribution in [1.82, 2.24) is 0 Å². The fraction of sp³-hybridized carbons (Fsp3) is 0.235. The number of hydrogen-bond acceptors (Lipinski definition) is 1. The molecule has 1 heteroatoms. The van der Waals surface area contributed by atoms with Crippen molar-refractivity contribution in [2.24, 2.45) is 4.99 Å². The summed E-state index contributed by atoms with van der Waals surface area (Å²) in [4.78, 5) is 4.77. The van der Waals surface area contributed by atoms with Gasteiger partial charge in [0.05, 0.1) is 0 Å². The first-order valence-corrected chi connectivity index (χ1v) is 6.61. The Hall–Kier alpha value is -1.89. The van der Waals surface area contributed by atoms with Gasteiger partial charge in [0.15, 0.2) is 0 Å². The summed E-state index contributed by atoms with van der Waals surface area (Å²) in [5, 5.41) is 0. The zero-order chi connectivity index (χ0) is 12.4. The van der Waals surface area contributed by atoms with Gasteiger partial charge in [-0.15, -0.1) is 0 Å². The molecule has 0 radical (unpaired) electrons. The molecule has 1 aliphatic rings. The summed E-state index contributed by atoms with van der Waals surface area (Å²) in [6.45, 7) is 2.18. The Labute approximate surface area is 108 Å². The van der Waals surface area contributed by atoms with Crippen LogP contribution in [0.15, 0.2) is 53.5 Å². The molecule has 0 spiro atoms. The van der Waals surface area contributed by atoms with Crippen LogP contribution in [0.25, 0.3) is 11.1 Å². The topological polar surface area (TPSA) is 12.4 Å². The molecule has 3 rings (SSSR count). The summed E-state index contributed by atoms with van der Waals surface area (Å²) in [6.07, 6.45) is 4.28. The second kappa shape index (κ2) is 4.77. The summed E-state index contributed by atoms with van der Waals surface area (Å²) in [7, 11) is 0. The van der Waals surface area contributed by atoms with Crippen LogP contribution < -0.4 is 0 Å². The molecule has 1 aliphatic carbocycles. The fourth-order valence-electron chi connectivity index (χ4n) is 2.60. The van der Waals surface area contributed by atoms with Crippen molar-refractivity contribution in [3.63, 3.8) is 0 Å². The molecule has 0 aliphatic heterocycles. The molecule has 0 unspecified atom stereocenters. The van der Waals surface area contributed by atoms with E-state index in [4.69, 9.17) is 4.99 Å². The molecule has 2 aromatic rings. The molecule has 0 fully saturated rings. The third kappa shape index (κ3) is 1.76. The minimum atomic E-state index is 0.198. The fourth-order valence-corrected chi connectivity index (χ4v) is 2.60. The van der Waals surface area contributed by atoms with E-state index in [-0.39, 0.29) is 6.04 Å². The SMILES string of the molecule is CCCC=NC1c2ccccc2-c2ccccc21. The lowest BCUT2D eigenvalue weighted by Gasteiger charge is -2.07. The van der Waals surface area contributed by atoms with Crippen LogP contribution in [0.4, 0.5) is 0 Å². The third-order valence-electron chi connectivity index (χ3n) is 3.47. The van der Waals surface area contributed by atoms with Crippen LogP contribution in [0.3, 0.4) is 0 Å². The Bertz CT molecular complexity index is 538. The summed E-state index contributed by atoms with van der Waals surface area (Å²) in [5.74, 6) is 0. The van der Waals surface area contributed by atoms with Crippen LogP contribution in [-0.4, -0.2) is 6.21 Å². The molecule has 0 aromatic heterocycles. The van der Waals surface area contributed by atoms with Gasteiger partial charge in [0.2, 0.25) is 0 Å². The smallest absolute Gasteiger partial charge is 0.101 e. The molecule has 0 atom stereocenters. The predicted molar refractivity (Wildman–Crippen MR) is 77.1 cm³/mol. The molecule has 2 aromatic carbocycles. The maximum Gasteiger partial charge on any atom is 0.101 e. The lowest BCUT2D eigenvalue weighted by Crippen LogP contribution is -1.93. The van der Waals surface area contributed by atoms with E-state index in [1.807, 2.05) is 0 Å². The van der Waals surface area contributed by atoms with Gasteiger partial charge in [-0.1, -0.05) is 61.9 Å². The lowest BCUT2D eigenvalue weighted by molar-refractivity contribution is 0.891. The van der Waals surface area contributed by atoms with Crippen LogP contribution in [-0.2, 0) is 0 Å².